The SMILES string of the molecule is CN(Cc1nccn1C)C(CN)c1coc2ccccc12. The number of nitrogens with two attached hydrogens (primary N) is 1. The van der Waals surface area contributed by atoms with Crippen molar-refractivity contribution >= 4 is 11.0 Å². The number of hydrogen-bond acceptors (Lipinski definition) is 4. The first kappa shape index (κ1) is 13.9. The van der Waals surface area contributed by atoms with Gasteiger partial charge in [0.2, 0.25) is 0 Å². The number of para-hydroxylation sites is 1. The first-order valence-electron chi connectivity index (χ1n) is 7.03. The van der Waals surface area contributed by atoms with Crippen LogP contribution in [0.25, 0.3) is 11.0 Å². The van der Waals surface area contributed by atoms with E-state index in [-0.39, 0.29) is 6.04 Å². The van der Waals surface area contributed by atoms with Gasteiger partial charge in [-0.3, -0.25) is 4.90 Å². The normalized spacial score (nSPS) is 13.1. The molecule has 3 rings (SSSR count). The second kappa shape index (κ2) is 5.71. The van der Waals surface area contributed by atoms with Gasteiger partial charge < -0.3 is 14.7 Å². The number of hydrogen-bond donors (Lipinski definition) is 1. The van der Waals surface area contributed by atoms with Gasteiger partial charge in [0, 0.05) is 36.9 Å². The van der Waals surface area contributed by atoms with Crippen molar-refractivity contribution in [2.24, 2.45) is 12.8 Å². The van der Waals surface area contributed by atoms with Crippen LogP contribution < -0.4 is 5.73 Å². The molecule has 0 amide bonds. The lowest BCUT2D eigenvalue weighted by atomic mass is 10.0. The number of furan rings is 1. The Hall–Kier alpha value is -2.11. The van der Waals surface area contributed by atoms with Gasteiger partial charge in [0.15, 0.2) is 0 Å². The molecule has 3 aromatic rings. The van der Waals surface area contributed by atoms with Crippen molar-refractivity contribution in [3.8, 4) is 0 Å². The molecule has 5 nitrogen and oxygen atoms in total. The summed E-state index contributed by atoms with van der Waals surface area (Å²) < 4.78 is 7.66. The molecule has 0 spiro atoms. The summed E-state index contributed by atoms with van der Waals surface area (Å²) in [6, 6.07) is 8.15. The van der Waals surface area contributed by atoms with Crippen molar-refractivity contribution in [1.82, 2.24) is 14.5 Å². The van der Waals surface area contributed by atoms with E-state index >= 15 is 0 Å². The van der Waals surface area contributed by atoms with E-state index in [9.17, 15) is 0 Å². The van der Waals surface area contributed by atoms with Crippen LogP contribution in [0, 0.1) is 0 Å². The maximum absolute atomic E-state index is 6.01. The third-order valence-electron chi connectivity index (χ3n) is 3.94. The Kier molecular flexibility index (Phi) is 3.77. The third-order valence-corrected chi connectivity index (χ3v) is 3.94. The minimum absolute atomic E-state index is 0.102. The second-order valence-electron chi connectivity index (χ2n) is 5.31. The molecule has 2 N–H and O–H groups in total. The van der Waals surface area contributed by atoms with Crippen LogP contribution >= 0.6 is 0 Å². The number of aromatic nitrogens is 2. The lowest BCUT2D eigenvalue weighted by molar-refractivity contribution is 0.234. The number of likely N-dealkylation sites (N-methyl/N-ethyl adjacent to an activating group) is 1. The second-order valence-corrected chi connectivity index (χ2v) is 5.31. The number of rotatable bonds is 5. The molecule has 1 aromatic carbocycles. The lowest BCUT2D eigenvalue weighted by Gasteiger charge is -2.26. The van der Waals surface area contributed by atoms with Gasteiger partial charge in [-0.25, -0.2) is 4.98 Å². The quantitative estimate of drug-likeness (QED) is 0.781. The molecule has 0 fully saturated rings. The van der Waals surface area contributed by atoms with E-state index in [1.54, 1.807) is 0 Å². The maximum atomic E-state index is 6.01. The molecule has 1 unspecified atom stereocenters. The molecule has 0 aliphatic rings. The average molecular weight is 284 g/mol. The summed E-state index contributed by atoms with van der Waals surface area (Å²) in [5, 5.41) is 1.12. The van der Waals surface area contributed by atoms with Gasteiger partial charge >= 0.3 is 0 Å². The van der Waals surface area contributed by atoms with Gasteiger partial charge in [0.1, 0.15) is 11.4 Å². The molecule has 21 heavy (non-hydrogen) atoms. The molecule has 1 atom stereocenters. The molecule has 2 aromatic heterocycles. The minimum Gasteiger partial charge on any atom is -0.464 e. The summed E-state index contributed by atoms with van der Waals surface area (Å²) in [6.45, 7) is 1.27. The highest BCUT2D eigenvalue weighted by molar-refractivity contribution is 5.81. The number of benzene rings is 1. The molecule has 5 heteroatoms. The zero-order valence-electron chi connectivity index (χ0n) is 12.4. The fourth-order valence-electron chi connectivity index (χ4n) is 2.68. The van der Waals surface area contributed by atoms with E-state index in [4.69, 9.17) is 10.2 Å². The largest absolute Gasteiger partial charge is 0.464 e. The zero-order chi connectivity index (χ0) is 14.8. The molecule has 0 aliphatic carbocycles. The Balaban J connectivity index is 1.89. The van der Waals surface area contributed by atoms with E-state index in [1.807, 2.05) is 48.5 Å². The van der Waals surface area contributed by atoms with Crippen LogP contribution in [-0.4, -0.2) is 28.0 Å². The molecule has 0 radical (unpaired) electrons. The summed E-state index contributed by atoms with van der Waals surface area (Å²) >= 11 is 0. The number of imidazole rings is 1. The first-order valence-corrected chi connectivity index (χ1v) is 7.03. The van der Waals surface area contributed by atoms with Crippen LogP contribution in [0.15, 0.2) is 47.3 Å². The molecule has 2 heterocycles. The number of nitrogens with zero attached hydrogens (tertiary/aromatic N) is 3. The molecular weight excluding hydrogens is 264 g/mol. The van der Waals surface area contributed by atoms with E-state index in [0.717, 1.165) is 28.9 Å². The highest BCUT2D eigenvalue weighted by Crippen LogP contribution is 2.29. The Bertz CT molecular complexity index is 731. The van der Waals surface area contributed by atoms with Crippen molar-refractivity contribution < 1.29 is 4.42 Å². The average Bonchev–Trinajstić information content (AvgIpc) is 3.08. The van der Waals surface area contributed by atoms with Crippen LogP contribution in [0.4, 0.5) is 0 Å². The molecule has 0 saturated heterocycles. The Labute approximate surface area is 124 Å². The van der Waals surface area contributed by atoms with Crippen molar-refractivity contribution in [2.75, 3.05) is 13.6 Å². The summed E-state index contributed by atoms with van der Waals surface area (Å²) in [4.78, 5) is 6.58. The zero-order valence-corrected chi connectivity index (χ0v) is 12.4. The molecule has 0 bridgehead atoms. The van der Waals surface area contributed by atoms with E-state index in [0.29, 0.717) is 6.54 Å². The van der Waals surface area contributed by atoms with Crippen molar-refractivity contribution in [2.45, 2.75) is 12.6 Å². The van der Waals surface area contributed by atoms with Crippen LogP contribution in [0.1, 0.15) is 17.4 Å². The maximum Gasteiger partial charge on any atom is 0.134 e. The van der Waals surface area contributed by atoms with Gasteiger partial charge in [-0.15, -0.1) is 0 Å². The van der Waals surface area contributed by atoms with Gasteiger partial charge in [-0.2, -0.15) is 0 Å². The summed E-state index contributed by atoms with van der Waals surface area (Å²) in [7, 11) is 4.06. The highest BCUT2D eigenvalue weighted by Gasteiger charge is 2.21. The van der Waals surface area contributed by atoms with E-state index < -0.39 is 0 Å². The van der Waals surface area contributed by atoms with Gasteiger partial charge in [0.05, 0.1) is 18.8 Å². The smallest absolute Gasteiger partial charge is 0.134 e. The first-order chi connectivity index (χ1) is 10.2. The predicted molar refractivity (Wildman–Crippen MR) is 82.7 cm³/mol. The van der Waals surface area contributed by atoms with E-state index in [2.05, 4.69) is 23.0 Å². The fraction of sp³-hybridized carbons (Fsp3) is 0.312. The minimum atomic E-state index is 0.102. The van der Waals surface area contributed by atoms with Crippen LogP contribution in [0.2, 0.25) is 0 Å². The monoisotopic (exact) mass is 284 g/mol. The summed E-state index contributed by atoms with van der Waals surface area (Å²) in [6.07, 6.45) is 5.58. The van der Waals surface area contributed by atoms with Gasteiger partial charge in [-0.1, -0.05) is 18.2 Å². The standard InChI is InChI=1S/C16H20N4O/c1-19-8-7-18-16(19)10-20(2)14(9-17)13-11-21-15-6-4-3-5-12(13)15/h3-8,11,14H,9-10,17H2,1-2H3. The third kappa shape index (κ3) is 2.57. The van der Waals surface area contributed by atoms with Crippen LogP contribution in [-0.2, 0) is 13.6 Å². The fourth-order valence-corrected chi connectivity index (χ4v) is 2.68. The number of aryl methyl sites for hydroxylation is 1. The summed E-state index contributed by atoms with van der Waals surface area (Å²) in [5.74, 6) is 1.02. The molecule has 110 valence electrons. The van der Waals surface area contributed by atoms with Gasteiger partial charge in [-0.05, 0) is 13.1 Å². The number of fused-ring (bicyclic) bond motifs is 1. The molecular formula is C16H20N4O. The molecule has 0 aliphatic heterocycles. The van der Waals surface area contributed by atoms with E-state index in [1.165, 1.54) is 0 Å². The van der Waals surface area contributed by atoms with Gasteiger partial charge in [0.25, 0.3) is 0 Å². The Morgan fingerprint density at radius 3 is 2.90 bits per heavy atom. The summed E-state index contributed by atoms with van der Waals surface area (Å²) in [5.41, 5.74) is 8.04. The van der Waals surface area contributed by atoms with Crippen molar-refractivity contribution in [3.63, 3.8) is 0 Å². The predicted octanol–water partition coefficient (Wildman–Crippen LogP) is 2.30. The van der Waals surface area contributed by atoms with Crippen LogP contribution in [0.3, 0.4) is 0 Å². The lowest BCUT2D eigenvalue weighted by Crippen LogP contribution is -2.30. The topological polar surface area (TPSA) is 60.2 Å². The highest BCUT2D eigenvalue weighted by atomic mass is 16.3. The Morgan fingerprint density at radius 1 is 1.38 bits per heavy atom. The van der Waals surface area contributed by atoms with Crippen molar-refractivity contribution in [3.05, 3.63) is 54.3 Å². The van der Waals surface area contributed by atoms with Crippen LogP contribution in [0.5, 0.6) is 0 Å². The Morgan fingerprint density at radius 2 is 2.19 bits per heavy atom. The van der Waals surface area contributed by atoms with Crippen molar-refractivity contribution in [1.29, 1.82) is 0 Å². The molecule has 0 saturated carbocycles.